The molecule has 1 aliphatic rings. The number of nitrogens with zero attached hydrogens (tertiary/aromatic N) is 1. The van der Waals surface area contributed by atoms with Crippen molar-refractivity contribution in [1.29, 1.82) is 0 Å². The molecule has 0 saturated carbocycles. The quantitative estimate of drug-likeness (QED) is 0.871. The summed E-state index contributed by atoms with van der Waals surface area (Å²) in [5, 5.41) is 10.5. The molecule has 3 nitrogen and oxygen atoms in total. The summed E-state index contributed by atoms with van der Waals surface area (Å²) in [6, 6.07) is 3.45. The van der Waals surface area contributed by atoms with E-state index >= 15 is 0 Å². The molecule has 1 amide bonds. The standard InChI is InChI=1S/C13H15BrFNO2/c14-5-3-9-4-6-16(8-9)13(18)11-7-10(15)1-2-12(11)17/h1-2,7,9,17H,3-6,8H2. The molecule has 0 spiro atoms. The van der Waals surface area contributed by atoms with Crippen LogP contribution in [-0.4, -0.2) is 34.3 Å². The van der Waals surface area contributed by atoms with Crippen LogP contribution in [0, 0.1) is 11.7 Å². The Morgan fingerprint density at radius 1 is 1.56 bits per heavy atom. The Morgan fingerprint density at radius 3 is 3.06 bits per heavy atom. The van der Waals surface area contributed by atoms with E-state index in [1.165, 1.54) is 6.07 Å². The number of likely N-dealkylation sites (tertiary alicyclic amines) is 1. The molecule has 0 aliphatic carbocycles. The minimum Gasteiger partial charge on any atom is -0.507 e. The number of rotatable bonds is 3. The molecule has 1 aliphatic heterocycles. The van der Waals surface area contributed by atoms with Gasteiger partial charge in [-0.25, -0.2) is 4.39 Å². The molecule has 0 radical (unpaired) electrons. The summed E-state index contributed by atoms with van der Waals surface area (Å²) in [4.78, 5) is 13.8. The van der Waals surface area contributed by atoms with Crippen molar-refractivity contribution in [2.24, 2.45) is 5.92 Å². The van der Waals surface area contributed by atoms with E-state index in [0.717, 1.165) is 30.3 Å². The number of phenols is 1. The van der Waals surface area contributed by atoms with Gasteiger partial charge in [0.2, 0.25) is 0 Å². The molecule has 1 atom stereocenters. The molecule has 1 fully saturated rings. The zero-order chi connectivity index (χ0) is 13.1. The lowest BCUT2D eigenvalue weighted by Gasteiger charge is -2.17. The van der Waals surface area contributed by atoms with Gasteiger partial charge in [-0.3, -0.25) is 4.79 Å². The molecular weight excluding hydrogens is 301 g/mol. The van der Waals surface area contributed by atoms with E-state index in [1.54, 1.807) is 4.90 Å². The average molecular weight is 316 g/mol. The van der Waals surface area contributed by atoms with E-state index in [9.17, 15) is 14.3 Å². The summed E-state index contributed by atoms with van der Waals surface area (Å²) in [6.45, 7) is 1.35. The minimum atomic E-state index is -0.507. The van der Waals surface area contributed by atoms with Crippen LogP contribution in [0.1, 0.15) is 23.2 Å². The van der Waals surface area contributed by atoms with E-state index in [1.807, 2.05) is 0 Å². The first-order valence-electron chi connectivity index (χ1n) is 5.95. The Bertz CT molecular complexity index is 453. The number of hydrogen-bond acceptors (Lipinski definition) is 2. The molecular formula is C13H15BrFNO2. The third kappa shape index (κ3) is 2.83. The van der Waals surface area contributed by atoms with Crippen molar-refractivity contribution >= 4 is 21.8 Å². The van der Waals surface area contributed by atoms with Crippen LogP contribution in [0.5, 0.6) is 5.75 Å². The zero-order valence-electron chi connectivity index (χ0n) is 9.90. The number of aromatic hydroxyl groups is 1. The van der Waals surface area contributed by atoms with Crippen LogP contribution in [-0.2, 0) is 0 Å². The van der Waals surface area contributed by atoms with Gasteiger partial charge in [-0.2, -0.15) is 0 Å². The summed E-state index contributed by atoms with van der Waals surface area (Å²) in [6.07, 6.45) is 1.99. The second-order valence-electron chi connectivity index (χ2n) is 4.54. The molecule has 0 aromatic heterocycles. The largest absolute Gasteiger partial charge is 0.507 e. The maximum atomic E-state index is 13.1. The molecule has 1 aromatic rings. The SMILES string of the molecule is O=C(c1cc(F)ccc1O)N1CCC(CCBr)C1. The van der Waals surface area contributed by atoms with Gasteiger partial charge in [0, 0.05) is 18.4 Å². The second kappa shape index (κ2) is 5.69. The maximum Gasteiger partial charge on any atom is 0.257 e. The zero-order valence-corrected chi connectivity index (χ0v) is 11.5. The van der Waals surface area contributed by atoms with Gasteiger partial charge in [0.05, 0.1) is 5.56 Å². The lowest BCUT2D eigenvalue weighted by atomic mass is 10.1. The van der Waals surface area contributed by atoms with Crippen molar-refractivity contribution in [2.45, 2.75) is 12.8 Å². The van der Waals surface area contributed by atoms with Gasteiger partial charge in [0.1, 0.15) is 11.6 Å². The van der Waals surface area contributed by atoms with Crippen LogP contribution in [0.25, 0.3) is 0 Å². The highest BCUT2D eigenvalue weighted by molar-refractivity contribution is 9.09. The van der Waals surface area contributed by atoms with Crippen molar-refractivity contribution < 1.29 is 14.3 Å². The molecule has 2 rings (SSSR count). The van der Waals surface area contributed by atoms with Crippen LogP contribution >= 0.6 is 15.9 Å². The number of carbonyl (C=O) groups excluding carboxylic acids is 1. The molecule has 1 N–H and O–H groups in total. The maximum absolute atomic E-state index is 13.1. The molecule has 98 valence electrons. The number of halogens is 2. The molecule has 1 unspecified atom stereocenters. The lowest BCUT2D eigenvalue weighted by molar-refractivity contribution is 0.0783. The Hall–Kier alpha value is -1.10. The summed E-state index contributed by atoms with van der Waals surface area (Å²) in [5.74, 6) is -0.467. The van der Waals surface area contributed by atoms with Crippen LogP contribution in [0.15, 0.2) is 18.2 Å². The van der Waals surface area contributed by atoms with Crippen LogP contribution in [0.4, 0.5) is 4.39 Å². The number of benzene rings is 1. The molecule has 18 heavy (non-hydrogen) atoms. The third-order valence-electron chi connectivity index (χ3n) is 3.28. The topological polar surface area (TPSA) is 40.5 Å². The summed E-state index contributed by atoms with van der Waals surface area (Å²) in [7, 11) is 0. The Morgan fingerprint density at radius 2 is 2.33 bits per heavy atom. The first-order valence-corrected chi connectivity index (χ1v) is 7.07. The van der Waals surface area contributed by atoms with Gasteiger partial charge in [0.15, 0.2) is 0 Å². The van der Waals surface area contributed by atoms with Crippen molar-refractivity contribution in [3.05, 3.63) is 29.6 Å². The Balaban J connectivity index is 2.10. The first-order chi connectivity index (χ1) is 8.61. The summed E-state index contributed by atoms with van der Waals surface area (Å²) >= 11 is 3.39. The van der Waals surface area contributed by atoms with Crippen molar-refractivity contribution in [3.8, 4) is 5.75 Å². The van der Waals surface area contributed by atoms with E-state index < -0.39 is 5.82 Å². The summed E-state index contributed by atoms with van der Waals surface area (Å²) in [5.41, 5.74) is 0.0505. The minimum absolute atomic E-state index is 0.0505. The lowest BCUT2D eigenvalue weighted by Crippen LogP contribution is -2.28. The Kier molecular flexibility index (Phi) is 4.22. The van der Waals surface area contributed by atoms with Gasteiger partial charge in [0.25, 0.3) is 5.91 Å². The number of alkyl halides is 1. The first kappa shape index (κ1) is 13.3. The number of amides is 1. The van der Waals surface area contributed by atoms with Crippen LogP contribution in [0.2, 0.25) is 0 Å². The van der Waals surface area contributed by atoms with Gasteiger partial charge in [-0.1, -0.05) is 15.9 Å². The Labute approximate surface area is 114 Å². The van der Waals surface area contributed by atoms with Crippen molar-refractivity contribution in [1.82, 2.24) is 4.90 Å². The van der Waals surface area contributed by atoms with Crippen LogP contribution < -0.4 is 0 Å². The number of hydrogen-bond donors (Lipinski definition) is 1. The molecule has 0 bridgehead atoms. The molecule has 1 heterocycles. The van der Waals surface area contributed by atoms with Gasteiger partial charge in [-0.15, -0.1) is 0 Å². The fourth-order valence-corrected chi connectivity index (χ4v) is 2.90. The fourth-order valence-electron chi connectivity index (χ4n) is 2.26. The van der Waals surface area contributed by atoms with Crippen molar-refractivity contribution in [2.75, 3.05) is 18.4 Å². The number of carbonyl (C=O) groups is 1. The van der Waals surface area contributed by atoms with E-state index in [2.05, 4.69) is 15.9 Å². The van der Waals surface area contributed by atoms with Gasteiger partial charge in [-0.05, 0) is 37.0 Å². The van der Waals surface area contributed by atoms with E-state index in [-0.39, 0.29) is 17.2 Å². The van der Waals surface area contributed by atoms with Crippen LogP contribution in [0.3, 0.4) is 0 Å². The second-order valence-corrected chi connectivity index (χ2v) is 5.34. The average Bonchev–Trinajstić information content (AvgIpc) is 2.80. The normalized spacial score (nSPS) is 19.2. The predicted octanol–water partition coefficient (Wildman–Crippen LogP) is 2.78. The van der Waals surface area contributed by atoms with Gasteiger partial charge < -0.3 is 10.0 Å². The molecule has 1 aromatic carbocycles. The van der Waals surface area contributed by atoms with E-state index in [0.29, 0.717) is 19.0 Å². The predicted molar refractivity (Wildman–Crippen MR) is 70.5 cm³/mol. The highest BCUT2D eigenvalue weighted by Crippen LogP contribution is 2.25. The summed E-state index contributed by atoms with van der Waals surface area (Å²) < 4.78 is 13.1. The smallest absolute Gasteiger partial charge is 0.257 e. The molecule has 1 saturated heterocycles. The number of phenolic OH excluding ortho intramolecular Hbond substituents is 1. The third-order valence-corrected chi connectivity index (χ3v) is 3.74. The fraction of sp³-hybridized carbons (Fsp3) is 0.462. The van der Waals surface area contributed by atoms with Gasteiger partial charge >= 0.3 is 0 Å². The monoisotopic (exact) mass is 315 g/mol. The molecule has 5 heteroatoms. The highest BCUT2D eigenvalue weighted by Gasteiger charge is 2.27. The van der Waals surface area contributed by atoms with Crippen molar-refractivity contribution in [3.63, 3.8) is 0 Å². The highest BCUT2D eigenvalue weighted by atomic mass is 79.9. The van der Waals surface area contributed by atoms with E-state index in [4.69, 9.17) is 0 Å².